The predicted molar refractivity (Wildman–Crippen MR) is 173 cm³/mol. The van der Waals surface area contributed by atoms with Crippen LogP contribution in [0.4, 0.5) is 0 Å². The minimum Gasteiger partial charge on any atom is -0.379 e. The van der Waals surface area contributed by atoms with Crippen LogP contribution in [0.25, 0.3) is 0 Å². The first kappa shape index (κ1) is 33.1. The lowest BCUT2D eigenvalue weighted by molar-refractivity contribution is 0.0551. The van der Waals surface area contributed by atoms with Crippen molar-refractivity contribution in [2.45, 2.75) is 25.9 Å². The SMILES string of the molecule is CN(C)P(=NC(=S)c1ccc(C(=S)N=P(N2CCOCC2)(N2CCOCC2)C(C)(C)C)n1C)(N(C)C)N(C)C. The van der Waals surface area contributed by atoms with E-state index in [9.17, 15) is 0 Å². The van der Waals surface area contributed by atoms with Crippen molar-refractivity contribution in [3.05, 3.63) is 23.5 Å². The Kier molecular flexibility index (Phi) is 11.3. The van der Waals surface area contributed by atoms with Crippen LogP contribution in [0, 0.1) is 0 Å². The number of hydrogen-bond donors (Lipinski definition) is 0. The van der Waals surface area contributed by atoms with E-state index in [2.05, 4.69) is 91.0 Å². The number of rotatable bonds is 7. The monoisotopic (exact) mass is 618 g/mol. The maximum absolute atomic E-state index is 6.13. The lowest BCUT2D eigenvalue weighted by Crippen LogP contribution is -2.48. The molecule has 3 rings (SSSR count). The van der Waals surface area contributed by atoms with Gasteiger partial charge in [-0.3, -0.25) is 23.4 Å². The van der Waals surface area contributed by atoms with Crippen LogP contribution in [0.3, 0.4) is 0 Å². The first-order valence-electron chi connectivity index (χ1n) is 13.4. The van der Waals surface area contributed by atoms with Gasteiger partial charge in [0, 0.05) is 38.4 Å². The van der Waals surface area contributed by atoms with Crippen LogP contribution in [-0.2, 0) is 16.5 Å². The molecule has 39 heavy (non-hydrogen) atoms. The molecular formula is C25H48N8O2P2S2. The van der Waals surface area contributed by atoms with E-state index < -0.39 is 14.9 Å². The highest BCUT2D eigenvalue weighted by Crippen LogP contribution is 2.66. The average Bonchev–Trinajstić information content (AvgIpc) is 3.26. The van der Waals surface area contributed by atoms with Gasteiger partial charge in [-0.2, -0.15) is 0 Å². The summed E-state index contributed by atoms with van der Waals surface area (Å²) in [5.74, 6) is 0. The zero-order chi connectivity index (χ0) is 29.2. The topological polar surface area (TPSA) is 64.3 Å². The fourth-order valence-corrected chi connectivity index (χ4v) is 14.1. The summed E-state index contributed by atoms with van der Waals surface area (Å²) in [6.07, 6.45) is 0. The van der Waals surface area contributed by atoms with Crippen molar-refractivity contribution in [3.8, 4) is 0 Å². The zero-order valence-corrected chi connectivity index (χ0v) is 28.8. The lowest BCUT2D eigenvalue weighted by Gasteiger charge is -2.52. The van der Waals surface area contributed by atoms with Gasteiger partial charge in [0.15, 0.2) is 17.5 Å². The van der Waals surface area contributed by atoms with Crippen LogP contribution < -0.4 is 0 Å². The Morgan fingerprint density at radius 1 is 0.744 bits per heavy atom. The molecule has 2 saturated heterocycles. The van der Waals surface area contributed by atoms with Gasteiger partial charge in [0.25, 0.3) is 0 Å². The van der Waals surface area contributed by atoms with E-state index >= 15 is 0 Å². The molecule has 0 unspecified atom stereocenters. The maximum Gasteiger partial charge on any atom is 0.172 e. The van der Waals surface area contributed by atoms with Crippen molar-refractivity contribution in [1.29, 1.82) is 0 Å². The number of ether oxygens (including phenoxy) is 2. The van der Waals surface area contributed by atoms with Gasteiger partial charge in [-0.25, -0.2) is 9.49 Å². The summed E-state index contributed by atoms with van der Waals surface area (Å²) in [5.41, 5.74) is 1.75. The van der Waals surface area contributed by atoms with Crippen LogP contribution in [-0.4, -0.2) is 138 Å². The van der Waals surface area contributed by atoms with Crippen LogP contribution in [0.1, 0.15) is 32.2 Å². The van der Waals surface area contributed by atoms with Crippen molar-refractivity contribution in [2.24, 2.45) is 16.5 Å². The molecule has 3 heterocycles. The number of aromatic nitrogens is 1. The molecule has 0 bridgehead atoms. The van der Waals surface area contributed by atoms with Gasteiger partial charge in [-0.05, 0) is 54.4 Å². The molecule has 0 radical (unpaired) electrons. The van der Waals surface area contributed by atoms with Crippen LogP contribution in [0.5, 0.6) is 0 Å². The van der Waals surface area contributed by atoms with Gasteiger partial charge >= 0.3 is 0 Å². The van der Waals surface area contributed by atoms with Gasteiger partial charge < -0.3 is 14.0 Å². The van der Waals surface area contributed by atoms with Crippen molar-refractivity contribution < 1.29 is 9.47 Å². The first-order chi connectivity index (χ1) is 18.2. The fourth-order valence-electron chi connectivity index (χ4n) is 5.60. The number of nitrogens with zero attached hydrogens (tertiary/aromatic N) is 8. The van der Waals surface area contributed by atoms with E-state index in [0.29, 0.717) is 36.4 Å². The van der Waals surface area contributed by atoms with E-state index in [1.54, 1.807) is 0 Å². The van der Waals surface area contributed by atoms with E-state index in [1.165, 1.54) is 0 Å². The largest absolute Gasteiger partial charge is 0.379 e. The van der Waals surface area contributed by atoms with Gasteiger partial charge in [-0.1, -0.05) is 45.2 Å². The molecule has 0 N–H and O–H groups in total. The number of hydrogen-bond acceptors (Lipinski definition) is 4. The predicted octanol–water partition coefficient (Wildman–Crippen LogP) is 4.50. The van der Waals surface area contributed by atoms with E-state index in [1.807, 2.05) is 19.2 Å². The second-order valence-corrected chi connectivity index (χ2v) is 19.7. The highest BCUT2D eigenvalue weighted by Gasteiger charge is 2.45. The molecule has 1 aromatic heterocycles. The van der Waals surface area contributed by atoms with Crippen molar-refractivity contribution >= 4 is 49.3 Å². The summed E-state index contributed by atoms with van der Waals surface area (Å²) < 4.78 is 35.9. The molecule has 0 saturated carbocycles. The molecule has 0 atom stereocenters. The third-order valence-corrected chi connectivity index (χ3v) is 16.5. The summed E-state index contributed by atoms with van der Waals surface area (Å²) in [4.78, 5) is 1.18. The highest BCUT2D eigenvalue weighted by atomic mass is 32.1. The summed E-state index contributed by atoms with van der Waals surface area (Å²) in [6.45, 7) is 13.1. The molecule has 2 aliphatic heterocycles. The summed E-state index contributed by atoms with van der Waals surface area (Å²) in [5, 5.41) is -0.114. The Hall–Kier alpha value is -0.360. The molecule has 0 aromatic carbocycles. The molecule has 10 nitrogen and oxygen atoms in total. The summed E-state index contributed by atoms with van der Waals surface area (Å²) >= 11 is 12.1. The van der Waals surface area contributed by atoms with Gasteiger partial charge in [0.2, 0.25) is 0 Å². The molecular weight excluding hydrogens is 570 g/mol. The molecule has 0 amide bonds. The molecule has 14 heteroatoms. The third-order valence-electron chi connectivity index (χ3n) is 7.29. The second-order valence-electron chi connectivity index (χ2n) is 11.4. The van der Waals surface area contributed by atoms with Gasteiger partial charge in [0.1, 0.15) is 7.36 Å². The van der Waals surface area contributed by atoms with Crippen molar-refractivity contribution in [1.82, 2.24) is 27.9 Å². The number of morpholine rings is 2. The van der Waals surface area contributed by atoms with Crippen molar-refractivity contribution in [2.75, 3.05) is 94.9 Å². The quantitative estimate of drug-likeness (QED) is 0.325. The zero-order valence-electron chi connectivity index (χ0n) is 25.4. The normalized spacial score (nSPS) is 18.7. The van der Waals surface area contributed by atoms with Crippen LogP contribution in [0.15, 0.2) is 21.6 Å². The molecule has 0 spiro atoms. The van der Waals surface area contributed by atoms with Gasteiger partial charge in [0.05, 0.1) is 37.8 Å². The standard InChI is InChI=1S/C25H48N8O2P2S2/c1-25(2,3)36(32-13-17-34-18-14-32,33-15-19-35-20-16-33)26-23(38)21-11-12-22(31(21)10)24(39)27-37(28(4)5,29(6)7)30(8)9/h11-12H,13-20H2,1-10H3. The Morgan fingerprint density at radius 3 is 1.44 bits per heavy atom. The van der Waals surface area contributed by atoms with E-state index in [4.69, 9.17) is 43.4 Å². The minimum absolute atomic E-state index is 0.114. The highest BCUT2D eigenvalue weighted by molar-refractivity contribution is 7.81. The summed E-state index contributed by atoms with van der Waals surface area (Å²) in [6, 6.07) is 4.07. The third kappa shape index (κ3) is 6.52. The average molecular weight is 619 g/mol. The number of thiocarbonyl (C=S) groups is 2. The minimum atomic E-state index is -2.25. The smallest absolute Gasteiger partial charge is 0.172 e. The Balaban J connectivity index is 2.13. The Bertz CT molecular complexity index is 1100. The Morgan fingerprint density at radius 2 is 1.10 bits per heavy atom. The molecule has 1 aromatic rings. The van der Waals surface area contributed by atoms with Crippen LogP contribution in [0.2, 0.25) is 0 Å². The Labute approximate surface area is 247 Å². The molecule has 0 aliphatic carbocycles. The van der Waals surface area contributed by atoms with E-state index in [-0.39, 0.29) is 5.16 Å². The van der Waals surface area contributed by atoms with Crippen molar-refractivity contribution in [3.63, 3.8) is 0 Å². The fraction of sp³-hybridized carbons (Fsp3) is 0.760. The maximum atomic E-state index is 6.13. The molecule has 2 aliphatic rings. The van der Waals surface area contributed by atoms with Crippen LogP contribution >= 0.6 is 39.3 Å². The molecule has 2 fully saturated rings. The van der Waals surface area contributed by atoms with Gasteiger partial charge in [-0.15, -0.1) is 0 Å². The second kappa shape index (κ2) is 13.3. The lowest BCUT2D eigenvalue weighted by atomic mass is 10.3. The van der Waals surface area contributed by atoms with E-state index in [0.717, 1.165) is 37.6 Å². The first-order valence-corrected chi connectivity index (χ1v) is 17.5. The summed E-state index contributed by atoms with van der Waals surface area (Å²) in [7, 11) is 9.90. The molecule has 222 valence electrons.